The molecule has 1 atom stereocenters. The Morgan fingerprint density at radius 2 is 1.93 bits per heavy atom. The Morgan fingerprint density at radius 3 is 2.71 bits per heavy atom. The minimum absolute atomic E-state index is 0.0484. The van der Waals surface area contributed by atoms with E-state index in [9.17, 15) is 18.4 Å². The van der Waals surface area contributed by atoms with Crippen molar-refractivity contribution in [3.8, 4) is 11.4 Å². The van der Waals surface area contributed by atoms with E-state index >= 15 is 0 Å². The number of hydrogen-bond donors (Lipinski definition) is 1. The number of benzene rings is 2. The second-order valence-electron chi connectivity index (χ2n) is 6.16. The number of rotatable bonds is 4. The standard InChI is InChI=1S/C19H13F2N3O4/c20-11-3-1-10(2-4-11)18-23-17(28-24-18)9-27-19(26)14-8-16(25)22-15-7-12(21)5-6-13(14)15/h1-7,14H,8-9H2,(H,22,25). The lowest BCUT2D eigenvalue weighted by molar-refractivity contribution is -0.148. The second kappa shape index (κ2) is 7.18. The summed E-state index contributed by atoms with van der Waals surface area (Å²) in [4.78, 5) is 28.3. The number of nitrogens with one attached hydrogen (secondary N) is 1. The normalized spacial score (nSPS) is 15.6. The molecule has 142 valence electrons. The summed E-state index contributed by atoms with van der Waals surface area (Å²) in [5.74, 6) is -2.56. The molecule has 0 aliphatic carbocycles. The van der Waals surface area contributed by atoms with Crippen LogP contribution in [0.4, 0.5) is 14.5 Å². The fourth-order valence-corrected chi connectivity index (χ4v) is 2.91. The summed E-state index contributed by atoms with van der Waals surface area (Å²) in [5, 5.41) is 6.29. The number of nitrogens with zero attached hydrogens (tertiary/aromatic N) is 2. The lowest BCUT2D eigenvalue weighted by Gasteiger charge is -2.23. The molecule has 0 fully saturated rings. The third kappa shape index (κ3) is 3.59. The summed E-state index contributed by atoms with van der Waals surface area (Å²) in [6, 6.07) is 9.32. The first-order valence-electron chi connectivity index (χ1n) is 8.34. The zero-order valence-electron chi connectivity index (χ0n) is 14.3. The van der Waals surface area contributed by atoms with Gasteiger partial charge in [-0.3, -0.25) is 9.59 Å². The average Bonchev–Trinajstić information content (AvgIpc) is 3.14. The lowest BCUT2D eigenvalue weighted by Crippen LogP contribution is -2.28. The zero-order valence-corrected chi connectivity index (χ0v) is 14.3. The van der Waals surface area contributed by atoms with Gasteiger partial charge in [-0.25, -0.2) is 8.78 Å². The first kappa shape index (κ1) is 17.8. The lowest BCUT2D eigenvalue weighted by atomic mass is 9.90. The van der Waals surface area contributed by atoms with Gasteiger partial charge >= 0.3 is 5.97 Å². The molecule has 3 aromatic rings. The van der Waals surface area contributed by atoms with Crippen LogP contribution in [0.3, 0.4) is 0 Å². The van der Waals surface area contributed by atoms with Crippen LogP contribution in [-0.2, 0) is 20.9 Å². The van der Waals surface area contributed by atoms with Crippen LogP contribution in [-0.4, -0.2) is 22.0 Å². The van der Waals surface area contributed by atoms with E-state index in [2.05, 4.69) is 15.5 Å². The summed E-state index contributed by atoms with van der Waals surface area (Å²) in [6.07, 6.45) is -0.109. The molecule has 0 saturated carbocycles. The SMILES string of the molecule is O=C1CC(C(=O)OCc2nc(-c3ccc(F)cc3)no2)c2ccc(F)cc2N1. The smallest absolute Gasteiger partial charge is 0.314 e. The van der Waals surface area contributed by atoms with Gasteiger partial charge in [-0.05, 0) is 42.0 Å². The number of anilines is 1. The third-order valence-corrected chi connectivity index (χ3v) is 4.25. The fraction of sp³-hybridized carbons (Fsp3) is 0.158. The molecule has 1 N–H and O–H groups in total. The molecule has 0 bridgehead atoms. The van der Waals surface area contributed by atoms with Crippen molar-refractivity contribution in [1.29, 1.82) is 0 Å². The largest absolute Gasteiger partial charge is 0.455 e. The van der Waals surface area contributed by atoms with E-state index in [1.165, 1.54) is 36.4 Å². The quantitative estimate of drug-likeness (QED) is 0.693. The maximum Gasteiger partial charge on any atom is 0.314 e. The molecular formula is C19H13F2N3O4. The van der Waals surface area contributed by atoms with Crippen molar-refractivity contribution in [3.63, 3.8) is 0 Å². The van der Waals surface area contributed by atoms with Gasteiger partial charge < -0.3 is 14.6 Å². The summed E-state index contributed by atoms with van der Waals surface area (Å²) in [5.41, 5.74) is 1.26. The molecule has 2 heterocycles. The molecule has 9 heteroatoms. The van der Waals surface area contributed by atoms with Gasteiger partial charge in [0.15, 0.2) is 6.61 Å². The molecule has 7 nitrogen and oxygen atoms in total. The minimum Gasteiger partial charge on any atom is -0.455 e. The van der Waals surface area contributed by atoms with E-state index in [-0.39, 0.29) is 30.4 Å². The van der Waals surface area contributed by atoms with E-state index in [4.69, 9.17) is 9.26 Å². The predicted molar refractivity (Wildman–Crippen MR) is 91.9 cm³/mol. The molecule has 1 aliphatic heterocycles. The first-order valence-corrected chi connectivity index (χ1v) is 8.34. The Kier molecular flexibility index (Phi) is 4.56. The van der Waals surface area contributed by atoms with E-state index < -0.39 is 29.4 Å². The number of hydrogen-bond acceptors (Lipinski definition) is 6. The molecule has 0 radical (unpaired) electrons. The Labute approximate surface area is 157 Å². The highest BCUT2D eigenvalue weighted by molar-refractivity contribution is 5.99. The number of fused-ring (bicyclic) bond motifs is 1. The van der Waals surface area contributed by atoms with Crippen molar-refractivity contribution in [2.24, 2.45) is 0 Å². The predicted octanol–water partition coefficient (Wildman–Crippen LogP) is 3.18. The maximum atomic E-state index is 13.4. The average molecular weight is 385 g/mol. The molecule has 1 unspecified atom stereocenters. The molecule has 2 aromatic carbocycles. The van der Waals surface area contributed by atoms with Crippen LogP contribution in [0.1, 0.15) is 23.8 Å². The molecule has 1 aliphatic rings. The molecule has 28 heavy (non-hydrogen) atoms. The Hall–Kier alpha value is -3.62. The zero-order chi connectivity index (χ0) is 19.7. The summed E-state index contributed by atoms with van der Waals surface area (Å²) < 4.78 is 36.6. The summed E-state index contributed by atoms with van der Waals surface area (Å²) in [6.45, 7) is -0.290. The van der Waals surface area contributed by atoms with Crippen molar-refractivity contribution < 1.29 is 27.6 Å². The van der Waals surface area contributed by atoms with Gasteiger partial charge in [0.05, 0.1) is 5.92 Å². The number of ether oxygens (including phenoxy) is 1. The van der Waals surface area contributed by atoms with E-state index in [1.807, 2.05) is 0 Å². The van der Waals surface area contributed by atoms with Gasteiger partial charge in [0.2, 0.25) is 11.7 Å². The number of esters is 1. The van der Waals surface area contributed by atoms with Crippen LogP contribution in [0, 0.1) is 11.6 Å². The van der Waals surface area contributed by atoms with Gasteiger partial charge in [-0.2, -0.15) is 4.98 Å². The molecule has 0 spiro atoms. The molecule has 4 rings (SSSR count). The van der Waals surface area contributed by atoms with Crippen molar-refractivity contribution in [3.05, 3.63) is 65.6 Å². The van der Waals surface area contributed by atoms with Crippen LogP contribution in [0.2, 0.25) is 0 Å². The first-order chi connectivity index (χ1) is 13.5. The summed E-state index contributed by atoms with van der Waals surface area (Å²) >= 11 is 0. The van der Waals surface area contributed by atoms with E-state index in [0.29, 0.717) is 11.1 Å². The number of amides is 1. The molecular weight excluding hydrogens is 372 g/mol. The topological polar surface area (TPSA) is 94.3 Å². The number of carbonyl (C=O) groups excluding carboxylic acids is 2. The van der Waals surface area contributed by atoms with E-state index in [1.54, 1.807) is 0 Å². The minimum atomic E-state index is -0.858. The van der Waals surface area contributed by atoms with Crippen molar-refractivity contribution >= 4 is 17.6 Å². The van der Waals surface area contributed by atoms with Crippen molar-refractivity contribution in [2.75, 3.05) is 5.32 Å². The van der Waals surface area contributed by atoms with Gasteiger partial charge in [0, 0.05) is 17.7 Å². The highest BCUT2D eigenvalue weighted by atomic mass is 19.1. The second-order valence-corrected chi connectivity index (χ2v) is 6.16. The molecule has 1 amide bonds. The summed E-state index contributed by atoms with van der Waals surface area (Å²) in [7, 11) is 0. The molecule has 1 aromatic heterocycles. The van der Waals surface area contributed by atoms with Crippen LogP contribution in [0.5, 0.6) is 0 Å². The third-order valence-electron chi connectivity index (χ3n) is 4.25. The Balaban J connectivity index is 1.45. The number of carbonyl (C=O) groups is 2. The van der Waals surface area contributed by atoms with Gasteiger partial charge in [-0.1, -0.05) is 11.2 Å². The number of aromatic nitrogens is 2. The van der Waals surface area contributed by atoms with Crippen LogP contribution in [0.15, 0.2) is 47.0 Å². The monoisotopic (exact) mass is 385 g/mol. The number of halogens is 2. The van der Waals surface area contributed by atoms with Crippen molar-refractivity contribution in [1.82, 2.24) is 10.1 Å². The van der Waals surface area contributed by atoms with Crippen LogP contribution in [0.25, 0.3) is 11.4 Å². The van der Waals surface area contributed by atoms with Gasteiger partial charge in [0.25, 0.3) is 5.89 Å². The Morgan fingerprint density at radius 1 is 1.18 bits per heavy atom. The van der Waals surface area contributed by atoms with Crippen LogP contribution >= 0.6 is 0 Å². The highest BCUT2D eigenvalue weighted by Crippen LogP contribution is 2.33. The fourth-order valence-electron chi connectivity index (χ4n) is 2.91. The van der Waals surface area contributed by atoms with Crippen LogP contribution < -0.4 is 5.32 Å². The van der Waals surface area contributed by atoms with Gasteiger partial charge in [0.1, 0.15) is 11.6 Å². The van der Waals surface area contributed by atoms with Gasteiger partial charge in [-0.15, -0.1) is 0 Å². The molecule has 0 saturated heterocycles. The maximum absolute atomic E-state index is 13.4. The van der Waals surface area contributed by atoms with Crippen molar-refractivity contribution in [2.45, 2.75) is 18.9 Å². The highest BCUT2D eigenvalue weighted by Gasteiger charge is 2.32. The van der Waals surface area contributed by atoms with E-state index in [0.717, 1.165) is 6.07 Å². The Bertz CT molecular complexity index is 1050.